The summed E-state index contributed by atoms with van der Waals surface area (Å²) in [6, 6.07) is 87.7. The Bertz CT molecular complexity index is 3310. The Morgan fingerprint density at radius 2 is 0.871 bits per heavy atom. The van der Waals surface area contributed by atoms with Crippen LogP contribution >= 0.6 is 0 Å². The number of fused-ring (bicyclic) bond motifs is 13. The lowest BCUT2D eigenvalue weighted by molar-refractivity contribution is 0.487. The first-order valence-electron chi connectivity index (χ1n) is 21.5. The fraction of sp³-hybridized carbons (Fsp3) is 0.0169. The van der Waals surface area contributed by atoms with Crippen LogP contribution in [0.1, 0.15) is 22.3 Å². The zero-order valence-electron chi connectivity index (χ0n) is 33.9. The molecule has 0 radical (unpaired) electrons. The summed E-state index contributed by atoms with van der Waals surface area (Å²) in [5, 5.41) is 7.80. The Hall–Kier alpha value is -7.72. The monoisotopic (exact) mass is 805 g/mol. The van der Waals surface area contributed by atoms with Gasteiger partial charge in [0.25, 0.3) is 0 Å². The first-order valence-corrected chi connectivity index (χ1v) is 23.5. The van der Waals surface area contributed by atoms with E-state index in [1.165, 1.54) is 76.0 Å². The van der Waals surface area contributed by atoms with Gasteiger partial charge in [0.1, 0.15) is 11.5 Å². The SMILES string of the molecule is c1ccc(C2(c3ccc(N(c4ccc5c(c4)[Si]4(c6ccccc6O5)c5ccccc5-c5ccccc54)c4cccc5ccccc45)cc3)c3ccccc3-c3ccccc32)cc1. The van der Waals surface area contributed by atoms with Gasteiger partial charge in [-0.1, -0.05) is 194 Å². The molecule has 0 unspecified atom stereocenters. The van der Waals surface area contributed by atoms with E-state index in [2.05, 4.69) is 241 Å². The normalized spacial score (nSPS) is 14.2. The number of ether oxygens (including phenoxy) is 1. The second-order valence-corrected chi connectivity index (χ2v) is 20.4. The Balaban J connectivity index is 1.05. The van der Waals surface area contributed by atoms with Gasteiger partial charge in [-0.25, -0.2) is 0 Å². The molecule has 13 rings (SSSR count). The summed E-state index contributed by atoms with van der Waals surface area (Å²) in [4.78, 5) is 2.47. The van der Waals surface area contributed by atoms with Crippen molar-refractivity contribution in [2.45, 2.75) is 5.41 Å². The summed E-state index contributed by atoms with van der Waals surface area (Å²) >= 11 is 0. The molecule has 0 N–H and O–H groups in total. The predicted molar refractivity (Wildman–Crippen MR) is 259 cm³/mol. The minimum absolute atomic E-state index is 0.477. The van der Waals surface area contributed by atoms with Gasteiger partial charge in [0.05, 0.1) is 11.1 Å². The van der Waals surface area contributed by atoms with Crippen molar-refractivity contribution in [3.05, 3.63) is 259 Å². The number of nitrogens with zero attached hydrogens (tertiary/aromatic N) is 1. The highest BCUT2D eigenvalue weighted by atomic mass is 28.3. The van der Waals surface area contributed by atoms with Crippen molar-refractivity contribution in [3.8, 4) is 33.8 Å². The average Bonchev–Trinajstić information content (AvgIpc) is 3.81. The average molecular weight is 806 g/mol. The van der Waals surface area contributed by atoms with Crippen molar-refractivity contribution in [3.63, 3.8) is 0 Å². The molecule has 1 spiro atoms. The second-order valence-electron chi connectivity index (χ2n) is 16.7. The topological polar surface area (TPSA) is 12.5 Å². The van der Waals surface area contributed by atoms with E-state index in [0.717, 1.165) is 28.6 Å². The van der Waals surface area contributed by atoms with Gasteiger partial charge in [-0.05, 0) is 113 Å². The molecule has 2 heterocycles. The van der Waals surface area contributed by atoms with E-state index >= 15 is 0 Å². The highest BCUT2D eigenvalue weighted by Crippen LogP contribution is 2.56. The number of hydrogen-bond acceptors (Lipinski definition) is 2. The van der Waals surface area contributed by atoms with Gasteiger partial charge in [0, 0.05) is 16.8 Å². The Morgan fingerprint density at radius 3 is 1.58 bits per heavy atom. The molecule has 0 bridgehead atoms. The Kier molecular flexibility index (Phi) is 7.57. The van der Waals surface area contributed by atoms with E-state index in [-0.39, 0.29) is 0 Å². The third-order valence-electron chi connectivity index (χ3n) is 13.8. The van der Waals surface area contributed by atoms with Crippen molar-refractivity contribution in [1.29, 1.82) is 0 Å². The molecule has 62 heavy (non-hydrogen) atoms. The van der Waals surface area contributed by atoms with Crippen LogP contribution in [0.4, 0.5) is 17.1 Å². The van der Waals surface area contributed by atoms with Crippen LogP contribution in [0.15, 0.2) is 237 Å². The van der Waals surface area contributed by atoms with Gasteiger partial charge >= 0.3 is 0 Å². The Morgan fingerprint density at radius 1 is 0.355 bits per heavy atom. The Labute approximate surface area is 362 Å². The molecule has 10 aromatic carbocycles. The van der Waals surface area contributed by atoms with Crippen molar-refractivity contribution >= 4 is 56.7 Å². The summed E-state index contributed by atoms with van der Waals surface area (Å²) < 4.78 is 6.91. The fourth-order valence-corrected chi connectivity index (χ4v) is 16.8. The van der Waals surface area contributed by atoms with Crippen molar-refractivity contribution in [2.24, 2.45) is 0 Å². The zero-order valence-corrected chi connectivity index (χ0v) is 34.9. The van der Waals surface area contributed by atoms with Crippen LogP contribution in [0.25, 0.3) is 33.0 Å². The molecule has 0 aromatic heterocycles. The van der Waals surface area contributed by atoms with E-state index in [1.54, 1.807) is 0 Å². The van der Waals surface area contributed by atoms with E-state index in [1.807, 2.05) is 0 Å². The maximum absolute atomic E-state index is 6.91. The van der Waals surface area contributed by atoms with Crippen molar-refractivity contribution in [1.82, 2.24) is 0 Å². The lowest BCUT2D eigenvalue weighted by Crippen LogP contribution is -2.74. The summed E-state index contributed by atoms with van der Waals surface area (Å²) in [5.74, 6) is 1.89. The molecule has 3 heteroatoms. The minimum atomic E-state index is -2.83. The molecule has 0 fully saturated rings. The number of benzene rings is 10. The van der Waals surface area contributed by atoms with Crippen LogP contribution in [-0.2, 0) is 5.41 Å². The second kappa shape index (κ2) is 13.4. The summed E-state index contributed by atoms with van der Waals surface area (Å²) in [5.41, 5.74) is 13.2. The maximum Gasteiger partial charge on any atom is 0.189 e. The van der Waals surface area contributed by atoms with Gasteiger partial charge in [0.2, 0.25) is 0 Å². The highest BCUT2D eigenvalue weighted by molar-refractivity contribution is 7.23. The van der Waals surface area contributed by atoms with E-state index < -0.39 is 13.5 Å². The first kappa shape index (κ1) is 35.1. The van der Waals surface area contributed by atoms with Crippen LogP contribution in [0, 0.1) is 0 Å². The number of para-hydroxylation sites is 1. The lowest BCUT2D eigenvalue weighted by Gasteiger charge is -2.38. The van der Waals surface area contributed by atoms with Crippen LogP contribution in [0.3, 0.4) is 0 Å². The molecule has 0 atom stereocenters. The molecular weight excluding hydrogens is 767 g/mol. The maximum atomic E-state index is 6.91. The standard InChI is InChI=1S/C59H39NOSi/c1-2-19-41(20-3-1)59(50-26-10-6-22-46(50)47-23-7-11-27-51(47)59)42-33-35-43(36-34-42)60(52-28-16-18-40-17-4-5-21-45(40)52)44-37-38-54-58(39-44)62(57-32-15-12-29-53(57)61-54)55-30-13-8-24-48(55)49-25-9-14-31-56(49)62/h1-39H. The molecule has 0 saturated carbocycles. The smallest absolute Gasteiger partial charge is 0.189 e. The van der Waals surface area contributed by atoms with Gasteiger partial charge in [-0.2, -0.15) is 0 Å². The first-order chi connectivity index (χ1) is 30.8. The van der Waals surface area contributed by atoms with Crippen LogP contribution < -0.4 is 30.4 Å². The van der Waals surface area contributed by atoms with Crippen LogP contribution in [0.2, 0.25) is 0 Å². The molecule has 10 aromatic rings. The minimum Gasteiger partial charge on any atom is -0.458 e. The molecule has 0 amide bonds. The van der Waals surface area contributed by atoms with Gasteiger partial charge < -0.3 is 9.64 Å². The lowest BCUT2D eigenvalue weighted by atomic mass is 9.68. The number of anilines is 3. The fourth-order valence-electron chi connectivity index (χ4n) is 11.4. The molecule has 2 nitrogen and oxygen atoms in total. The number of hydrogen-bond donors (Lipinski definition) is 0. The third kappa shape index (κ3) is 4.69. The van der Waals surface area contributed by atoms with Gasteiger partial charge in [-0.15, -0.1) is 0 Å². The number of rotatable bonds is 5. The highest BCUT2D eigenvalue weighted by Gasteiger charge is 2.53. The van der Waals surface area contributed by atoms with Gasteiger partial charge in [-0.3, -0.25) is 0 Å². The third-order valence-corrected chi connectivity index (χ3v) is 18.7. The molecule has 1 aliphatic carbocycles. The summed E-state index contributed by atoms with van der Waals surface area (Å²) in [6.45, 7) is 0. The largest absolute Gasteiger partial charge is 0.458 e. The van der Waals surface area contributed by atoms with Crippen LogP contribution in [0.5, 0.6) is 11.5 Å². The molecule has 3 aliphatic rings. The van der Waals surface area contributed by atoms with E-state index in [9.17, 15) is 0 Å². The van der Waals surface area contributed by atoms with E-state index in [0.29, 0.717) is 0 Å². The molecule has 0 saturated heterocycles. The quantitative estimate of drug-likeness (QED) is 0.161. The summed E-state index contributed by atoms with van der Waals surface area (Å²) in [6.07, 6.45) is 0. The molecule has 290 valence electrons. The summed E-state index contributed by atoms with van der Waals surface area (Å²) in [7, 11) is -2.83. The molecular formula is C59H39NOSi. The van der Waals surface area contributed by atoms with E-state index in [4.69, 9.17) is 4.74 Å². The van der Waals surface area contributed by atoms with Crippen molar-refractivity contribution in [2.75, 3.05) is 4.90 Å². The van der Waals surface area contributed by atoms with Crippen molar-refractivity contribution < 1.29 is 4.74 Å². The van der Waals surface area contributed by atoms with Gasteiger partial charge in [0.15, 0.2) is 8.07 Å². The predicted octanol–water partition coefficient (Wildman–Crippen LogP) is 12.1. The molecule has 2 aliphatic heterocycles. The zero-order chi connectivity index (χ0) is 40.8. The van der Waals surface area contributed by atoms with Crippen LogP contribution in [-0.4, -0.2) is 8.07 Å².